The fourth-order valence-corrected chi connectivity index (χ4v) is 1.73. The number of rotatable bonds is 4. The van der Waals surface area contributed by atoms with Crippen molar-refractivity contribution in [1.29, 1.82) is 0 Å². The third kappa shape index (κ3) is 3.25. The number of methoxy groups -OCH3 is 1. The first-order chi connectivity index (χ1) is 7.60. The van der Waals surface area contributed by atoms with Crippen LogP contribution in [0.1, 0.15) is 23.7 Å². The Morgan fingerprint density at radius 3 is 2.75 bits per heavy atom. The molecular formula is C11H12ClIO3. The van der Waals surface area contributed by atoms with Gasteiger partial charge in [-0.2, -0.15) is 0 Å². The summed E-state index contributed by atoms with van der Waals surface area (Å²) in [6, 6.07) is 3.31. The Labute approximate surface area is 113 Å². The van der Waals surface area contributed by atoms with Crippen LogP contribution >= 0.6 is 34.2 Å². The number of esters is 1. The van der Waals surface area contributed by atoms with Gasteiger partial charge in [0.15, 0.2) is 0 Å². The van der Waals surface area contributed by atoms with Crippen LogP contribution in [0.2, 0.25) is 5.02 Å². The van der Waals surface area contributed by atoms with Gasteiger partial charge in [0.25, 0.3) is 0 Å². The second-order valence-corrected chi connectivity index (χ2v) is 4.67. The molecule has 5 heteroatoms. The Morgan fingerprint density at radius 1 is 1.50 bits per heavy atom. The quantitative estimate of drug-likeness (QED) is 0.613. The summed E-state index contributed by atoms with van der Waals surface area (Å²) in [5.74, 6) is 0.0758. The summed E-state index contributed by atoms with van der Waals surface area (Å²) in [6.07, 6.45) is 0.875. The van der Waals surface area contributed by atoms with Crippen molar-refractivity contribution in [2.24, 2.45) is 0 Å². The van der Waals surface area contributed by atoms with Crippen LogP contribution in [-0.4, -0.2) is 19.7 Å². The maximum absolute atomic E-state index is 11.5. The van der Waals surface area contributed by atoms with Crippen molar-refractivity contribution in [3.8, 4) is 5.75 Å². The predicted molar refractivity (Wildman–Crippen MR) is 71.3 cm³/mol. The summed E-state index contributed by atoms with van der Waals surface area (Å²) in [5.41, 5.74) is 0.362. The van der Waals surface area contributed by atoms with Gasteiger partial charge in [-0.25, -0.2) is 4.79 Å². The fourth-order valence-electron chi connectivity index (χ4n) is 1.13. The zero-order chi connectivity index (χ0) is 12.1. The van der Waals surface area contributed by atoms with Gasteiger partial charge >= 0.3 is 5.97 Å². The van der Waals surface area contributed by atoms with E-state index in [1.807, 2.05) is 6.92 Å². The molecule has 1 aromatic rings. The van der Waals surface area contributed by atoms with E-state index in [0.717, 1.165) is 9.99 Å². The number of hydrogen-bond acceptors (Lipinski definition) is 3. The highest BCUT2D eigenvalue weighted by Gasteiger charge is 2.15. The minimum Gasteiger partial charge on any atom is -0.493 e. The number of carbonyl (C=O) groups excluding carboxylic acids is 1. The molecule has 0 fully saturated rings. The van der Waals surface area contributed by atoms with Crippen molar-refractivity contribution in [2.45, 2.75) is 13.3 Å². The van der Waals surface area contributed by atoms with Crippen molar-refractivity contribution in [3.05, 3.63) is 26.3 Å². The lowest BCUT2D eigenvalue weighted by Gasteiger charge is -2.10. The second kappa shape index (κ2) is 6.30. The van der Waals surface area contributed by atoms with Gasteiger partial charge in [0, 0.05) is 3.57 Å². The lowest BCUT2D eigenvalue weighted by atomic mass is 10.2. The van der Waals surface area contributed by atoms with Crippen LogP contribution in [0.15, 0.2) is 12.1 Å². The molecule has 0 heterocycles. The third-order valence-corrected chi connectivity index (χ3v) is 3.41. The van der Waals surface area contributed by atoms with Crippen molar-refractivity contribution in [2.75, 3.05) is 13.7 Å². The SMILES string of the molecule is CCCOc1cc(I)c(Cl)cc1C(=O)OC. The molecule has 0 atom stereocenters. The molecule has 0 bridgehead atoms. The molecule has 1 aromatic carbocycles. The Bertz CT molecular complexity index is 393. The molecule has 0 radical (unpaired) electrons. The van der Waals surface area contributed by atoms with Crippen LogP contribution in [0.3, 0.4) is 0 Å². The molecule has 1 rings (SSSR count). The lowest BCUT2D eigenvalue weighted by molar-refractivity contribution is 0.0596. The van der Waals surface area contributed by atoms with Crippen LogP contribution in [0, 0.1) is 3.57 Å². The van der Waals surface area contributed by atoms with Gasteiger partial charge in [-0.15, -0.1) is 0 Å². The summed E-state index contributed by atoms with van der Waals surface area (Å²) in [7, 11) is 1.33. The van der Waals surface area contributed by atoms with Gasteiger partial charge in [0.05, 0.1) is 18.7 Å². The molecule has 0 aliphatic carbocycles. The topological polar surface area (TPSA) is 35.5 Å². The Kier molecular flexibility index (Phi) is 5.34. The minimum absolute atomic E-state index is 0.362. The molecule has 0 unspecified atom stereocenters. The molecule has 0 aromatic heterocycles. The van der Waals surface area contributed by atoms with E-state index in [0.29, 0.717) is 22.9 Å². The summed E-state index contributed by atoms with van der Waals surface area (Å²) in [4.78, 5) is 11.5. The Hall–Kier alpha value is -0.490. The Morgan fingerprint density at radius 2 is 2.19 bits per heavy atom. The zero-order valence-corrected chi connectivity index (χ0v) is 12.0. The largest absolute Gasteiger partial charge is 0.493 e. The van der Waals surface area contributed by atoms with Crippen LogP contribution in [-0.2, 0) is 4.74 Å². The summed E-state index contributed by atoms with van der Waals surface area (Å²) < 4.78 is 11.0. The average molecular weight is 355 g/mol. The van der Waals surface area contributed by atoms with E-state index >= 15 is 0 Å². The molecule has 0 N–H and O–H groups in total. The fraction of sp³-hybridized carbons (Fsp3) is 0.364. The van der Waals surface area contributed by atoms with Crippen LogP contribution in [0.5, 0.6) is 5.75 Å². The predicted octanol–water partition coefficient (Wildman–Crippen LogP) is 3.52. The summed E-state index contributed by atoms with van der Waals surface area (Å²) in [5, 5.41) is 0.518. The van der Waals surface area contributed by atoms with Crippen molar-refractivity contribution in [1.82, 2.24) is 0 Å². The molecule has 0 aliphatic rings. The van der Waals surface area contributed by atoms with E-state index in [9.17, 15) is 4.79 Å². The van der Waals surface area contributed by atoms with Gasteiger partial charge in [-0.3, -0.25) is 0 Å². The Balaban J connectivity index is 3.11. The average Bonchev–Trinajstić information content (AvgIpc) is 2.29. The molecule has 3 nitrogen and oxygen atoms in total. The molecule has 88 valence electrons. The highest BCUT2D eigenvalue weighted by atomic mass is 127. The van der Waals surface area contributed by atoms with Gasteiger partial charge in [-0.05, 0) is 41.1 Å². The standard InChI is InChI=1S/C11H12ClIO3/c1-3-4-16-10-6-9(13)8(12)5-7(10)11(14)15-2/h5-6H,3-4H2,1-2H3. The number of carbonyl (C=O) groups is 1. The van der Waals surface area contributed by atoms with Crippen LogP contribution in [0.25, 0.3) is 0 Å². The number of ether oxygens (including phenoxy) is 2. The maximum atomic E-state index is 11.5. The van der Waals surface area contributed by atoms with E-state index in [1.165, 1.54) is 7.11 Å². The molecule has 0 aliphatic heterocycles. The van der Waals surface area contributed by atoms with E-state index in [4.69, 9.17) is 16.3 Å². The molecule has 0 saturated carbocycles. The first kappa shape index (κ1) is 13.6. The van der Waals surface area contributed by atoms with E-state index in [2.05, 4.69) is 27.3 Å². The van der Waals surface area contributed by atoms with Crippen LogP contribution < -0.4 is 4.74 Å². The van der Waals surface area contributed by atoms with Crippen molar-refractivity contribution < 1.29 is 14.3 Å². The first-order valence-corrected chi connectivity index (χ1v) is 6.26. The molecule has 16 heavy (non-hydrogen) atoms. The van der Waals surface area contributed by atoms with E-state index in [1.54, 1.807) is 12.1 Å². The first-order valence-electron chi connectivity index (χ1n) is 4.80. The second-order valence-electron chi connectivity index (χ2n) is 3.10. The molecule has 0 saturated heterocycles. The maximum Gasteiger partial charge on any atom is 0.341 e. The third-order valence-electron chi connectivity index (χ3n) is 1.89. The monoisotopic (exact) mass is 354 g/mol. The van der Waals surface area contributed by atoms with Gasteiger partial charge < -0.3 is 9.47 Å². The normalized spacial score (nSPS) is 10.0. The van der Waals surface area contributed by atoms with E-state index in [-0.39, 0.29) is 0 Å². The molecular weight excluding hydrogens is 342 g/mol. The zero-order valence-electron chi connectivity index (χ0n) is 9.05. The summed E-state index contributed by atoms with van der Waals surface area (Å²) >= 11 is 8.04. The highest BCUT2D eigenvalue weighted by molar-refractivity contribution is 14.1. The summed E-state index contributed by atoms with van der Waals surface area (Å²) in [6.45, 7) is 2.56. The molecule has 0 amide bonds. The smallest absolute Gasteiger partial charge is 0.341 e. The van der Waals surface area contributed by atoms with Gasteiger partial charge in [0.2, 0.25) is 0 Å². The van der Waals surface area contributed by atoms with Gasteiger partial charge in [-0.1, -0.05) is 18.5 Å². The number of hydrogen-bond donors (Lipinski definition) is 0. The van der Waals surface area contributed by atoms with Crippen molar-refractivity contribution >= 4 is 40.2 Å². The highest BCUT2D eigenvalue weighted by Crippen LogP contribution is 2.29. The van der Waals surface area contributed by atoms with Gasteiger partial charge in [0.1, 0.15) is 11.3 Å². The van der Waals surface area contributed by atoms with E-state index < -0.39 is 5.97 Å². The molecule has 0 spiro atoms. The number of halogens is 2. The van der Waals surface area contributed by atoms with Crippen molar-refractivity contribution in [3.63, 3.8) is 0 Å². The minimum atomic E-state index is -0.440. The number of benzene rings is 1. The van der Waals surface area contributed by atoms with Crippen LogP contribution in [0.4, 0.5) is 0 Å². The lowest BCUT2D eigenvalue weighted by Crippen LogP contribution is -2.07.